The van der Waals surface area contributed by atoms with Crippen molar-refractivity contribution in [1.29, 1.82) is 0 Å². The van der Waals surface area contributed by atoms with Gasteiger partial charge in [-0.2, -0.15) is 0 Å². The van der Waals surface area contributed by atoms with Crippen molar-refractivity contribution in [2.45, 2.75) is 18.9 Å². The molecule has 1 amide bonds. The van der Waals surface area contributed by atoms with Crippen molar-refractivity contribution in [3.8, 4) is 0 Å². The van der Waals surface area contributed by atoms with Gasteiger partial charge in [0.1, 0.15) is 0 Å². The van der Waals surface area contributed by atoms with E-state index in [0.29, 0.717) is 0 Å². The Hall–Kier alpha value is -0.390. The van der Waals surface area contributed by atoms with Crippen LogP contribution in [-0.2, 0) is 0 Å². The van der Waals surface area contributed by atoms with Gasteiger partial charge in [-0.1, -0.05) is 0 Å². The number of carbonyl (C=O) groups excluding carboxylic acids is 1. The molecule has 0 spiro atoms. The third kappa shape index (κ3) is 2.59. The predicted molar refractivity (Wildman–Crippen MR) is 65.1 cm³/mol. The molecule has 2 rings (SSSR count). The second kappa shape index (κ2) is 4.63. The first-order chi connectivity index (χ1) is 7.16. The zero-order valence-electron chi connectivity index (χ0n) is 8.28. The number of hydrogen-bond acceptors (Lipinski definition) is 3. The molecule has 3 nitrogen and oxygen atoms in total. The monoisotopic (exact) mass is 288 g/mol. The van der Waals surface area contributed by atoms with Gasteiger partial charge in [-0.05, 0) is 34.8 Å². The van der Waals surface area contributed by atoms with Crippen LogP contribution in [0.2, 0.25) is 0 Å². The summed E-state index contributed by atoms with van der Waals surface area (Å²) in [5, 5.41) is 1.93. The molecule has 0 aliphatic carbocycles. The summed E-state index contributed by atoms with van der Waals surface area (Å²) in [7, 11) is 0. The number of rotatable bonds is 1. The van der Waals surface area contributed by atoms with Crippen LogP contribution >= 0.6 is 27.3 Å². The largest absolute Gasteiger partial charge is 0.338 e. The van der Waals surface area contributed by atoms with Crippen molar-refractivity contribution < 1.29 is 4.79 Å². The zero-order valence-corrected chi connectivity index (χ0v) is 10.7. The number of carbonyl (C=O) groups is 1. The standard InChI is InChI=1S/C10H13BrN2OS/c11-7-5-9(15-6-7)10(14)13-3-1-8(12)2-4-13/h5-6,8H,1-4,12H2. The number of halogens is 1. The van der Waals surface area contributed by atoms with Gasteiger partial charge in [0.05, 0.1) is 4.88 Å². The van der Waals surface area contributed by atoms with Crippen LogP contribution in [0.5, 0.6) is 0 Å². The minimum Gasteiger partial charge on any atom is -0.338 e. The van der Waals surface area contributed by atoms with Crippen LogP contribution in [0.1, 0.15) is 22.5 Å². The third-order valence-corrected chi connectivity index (χ3v) is 4.28. The molecule has 0 atom stereocenters. The molecule has 0 saturated carbocycles. The van der Waals surface area contributed by atoms with Crippen LogP contribution in [0.25, 0.3) is 0 Å². The fourth-order valence-corrected chi connectivity index (χ4v) is 3.08. The van der Waals surface area contributed by atoms with Crippen molar-refractivity contribution in [2.24, 2.45) is 5.73 Å². The molecule has 1 aromatic rings. The molecule has 1 aliphatic rings. The van der Waals surface area contributed by atoms with E-state index in [1.54, 1.807) is 0 Å². The Labute approximate surface area is 101 Å². The quantitative estimate of drug-likeness (QED) is 0.860. The van der Waals surface area contributed by atoms with Gasteiger partial charge in [0.2, 0.25) is 0 Å². The average Bonchev–Trinajstić information content (AvgIpc) is 2.65. The number of nitrogens with two attached hydrogens (primary N) is 1. The summed E-state index contributed by atoms with van der Waals surface area (Å²) in [6.07, 6.45) is 1.83. The third-order valence-electron chi connectivity index (χ3n) is 2.61. The summed E-state index contributed by atoms with van der Waals surface area (Å²) in [5.74, 6) is 0.137. The Bertz CT molecular complexity index is 358. The summed E-state index contributed by atoms with van der Waals surface area (Å²) in [4.78, 5) is 14.7. The molecular weight excluding hydrogens is 276 g/mol. The van der Waals surface area contributed by atoms with Crippen molar-refractivity contribution in [3.05, 3.63) is 20.8 Å². The maximum atomic E-state index is 12.0. The molecule has 0 unspecified atom stereocenters. The van der Waals surface area contributed by atoms with E-state index in [1.807, 2.05) is 16.3 Å². The van der Waals surface area contributed by atoms with E-state index in [2.05, 4.69) is 15.9 Å². The molecule has 0 aromatic carbocycles. The second-order valence-corrected chi connectivity index (χ2v) is 5.59. The predicted octanol–water partition coefficient (Wildman–Crippen LogP) is 2.07. The molecule has 1 saturated heterocycles. The normalized spacial score (nSPS) is 18.1. The van der Waals surface area contributed by atoms with Crippen LogP contribution in [0.3, 0.4) is 0 Å². The maximum absolute atomic E-state index is 12.0. The van der Waals surface area contributed by atoms with Gasteiger partial charge in [-0.15, -0.1) is 11.3 Å². The molecule has 1 aliphatic heterocycles. The Kier molecular flexibility index (Phi) is 3.43. The van der Waals surface area contributed by atoms with Crippen LogP contribution in [0.15, 0.2) is 15.9 Å². The van der Waals surface area contributed by atoms with Gasteiger partial charge in [0.15, 0.2) is 0 Å². The molecule has 0 bridgehead atoms. The molecule has 1 fully saturated rings. The van der Waals surface area contributed by atoms with Crippen molar-refractivity contribution in [2.75, 3.05) is 13.1 Å². The Morgan fingerprint density at radius 2 is 2.20 bits per heavy atom. The van der Waals surface area contributed by atoms with Crippen molar-refractivity contribution in [1.82, 2.24) is 4.90 Å². The van der Waals surface area contributed by atoms with E-state index in [9.17, 15) is 4.79 Å². The lowest BCUT2D eigenvalue weighted by Gasteiger charge is -2.29. The van der Waals surface area contributed by atoms with Gasteiger partial charge >= 0.3 is 0 Å². The Morgan fingerprint density at radius 3 is 2.73 bits per heavy atom. The number of piperidine rings is 1. The number of nitrogens with zero attached hydrogens (tertiary/aromatic N) is 1. The zero-order chi connectivity index (χ0) is 10.8. The summed E-state index contributed by atoms with van der Waals surface area (Å²) >= 11 is 4.84. The highest BCUT2D eigenvalue weighted by molar-refractivity contribution is 9.10. The molecule has 82 valence electrons. The number of likely N-dealkylation sites (tertiary alicyclic amines) is 1. The van der Waals surface area contributed by atoms with E-state index in [-0.39, 0.29) is 11.9 Å². The van der Waals surface area contributed by atoms with Gasteiger partial charge in [0.25, 0.3) is 5.91 Å². The smallest absolute Gasteiger partial charge is 0.263 e. The first kappa shape index (κ1) is 11.1. The summed E-state index contributed by atoms with van der Waals surface area (Å²) < 4.78 is 0.976. The van der Waals surface area contributed by atoms with E-state index >= 15 is 0 Å². The summed E-state index contributed by atoms with van der Waals surface area (Å²) in [6.45, 7) is 1.57. The van der Waals surface area contributed by atoms with Crippen LogP contribution in [-0.4, -0.2) is 29.9 Å². The lowest BCUT2D eigenvalue weighted by atomic mass is 10.1. The van der Waals surface area contributed by atoms with Gasteiger partial charge in [0, 0.05) is 29.0 Å². The first-order valence-electron chi connectivity index (χ1n) is 4.95. The Balaban J connectivity index is 2.02. The van der Waals surface area contributed by atoms with E-state index < -0.39 is 0 Å². The second-order valence-electron chi connectivity index (χ2n) is 3.76. The average molecular weight is 289 g/mol. The fraction of sp³-hybridized carbons (Fsp3) is 0.500. The molecule has 15 heavy (non-hydrogen) atoms. The summed E-state index contributed by atoms with van der Waals surface area (Å²) in [5.41, 5.74) is 5.80. The minimum absolute atomic E-state index is 0.137. The Morgan fingerprint density at radius 1 is 1.53 bits per heavy atom. The van der Waals surface area contributed by atoms with Gasteiger partial charge < -0.3 is 10.6 Å². The highest BCUT2D eigenvalue weighted by atomic mass is 79.9. The number of thiophene rings is 1. The van der Waals surface area contributed by atoms with Gasteiger partial charge in [-0.3, -0.25) is 4.79 Å². The molecule has 2 heterocycles. The summed E-state index contributed by atoms with van der Waals surface area (Å²) in [6, 6.07) is 2.14. The van der Waals surface area contributed by atoms with Crippen molar-refractivity contribution >= 4 is 33.2 Å². The molecule has 0 radical (unpaired) electrons. The van der Waals surface area contributed by atoms with E-state index in [0.717, 1.165) is 35.3 Å². The van der Waals surface area contributed by atoms with Gasteiger partial charge in [-0.25, -0.2) is 0 Å². The van der Waals surface area contributed by atoms with Crippen LogP contribution < -0.4 is 5.73 Å². The molecule has 2 N–H and O–H groups in total. The number of amides is 1. The minimum atomic E-state index is 0.137. The van der Waals surface area contributed by atoms with Crippen LogP contribution in [0, 0.1) is 0 Å². The molecular formula is C10H13BrN2OS. The van der Waals surface area contributed by atoms with E-state index in [1.165, 1.54) is 11.3 Å². The van der Waals surface area contributed by atoms with Crippen LogP contribution in [0.4, 0.5) is 0 Å². The fourth-order valence-electron chi connectivity index (χ4n) is 1.68. The lowest BCUT2D eigenvalue weighted by Crippen LogP contribution is -2.42. The first-order valence-corrected chi connectivity index (χ1v) is 6.63. The molecule has 1 aromatic heterocycles. The van der Waals surface area contributed by atoms with E-state index in [4.69, 9.17) is 5.73 Å². The highest BCUT2D eigenvalue weighted by Crippen LogP contribution is 2.22. The number of hydrogen-bond donors (Lipinski definition) is 1. The maximum Gasteiger partial charge on any atom is 0.263 e. The van der Waals surface area contributed by atoms with Crippen molar-refractivity contribution in [3.63, 3.8) is 0 Å². The lowest BCUT2D eigenvalue weighted by molar-refractivity contribution is 0.0719. The SMILES string of the molecule is NC1CCN(C(=O)c2cc(Br)cs2)CC1. The highest BCUT2D eigenvalue weighted by Gasteiger charge is 2.22. The molecule has 5 heteroatoms. The topological polar surface area (TPSA) is 46.3 Å².